The smallest absolute Gasteiger partial charge is 0.223 e. The van der Waals surface area contributed by atoms with Gasteiger partial charge in [-0.05, 0) is 12.1 Å². The molecule has 0 aromatic heterocycles. The van der Waals surface area contributed by atoms with E-state index in [1.54, 1.807) is 0 Å². The Hall–Kier alpha value is -0.790. The lowest BCUT2D eigenvalue weighted by Gasteiger charge is -2.03. The molecule has 88 valence electrons. The largest absolute Gasteiger partial charge is 0.368 e. The minimum absolute atomic E-state index is 0. The molecule has 0 radical (unpaired) electrons. The lowest BCUT2D eigenvalue weighted by molar-refractivity contribution is 1.16. The second-order valence-corrected chi connectivity index (χ2v) is 4.88. The molecule has 0 amide bonds. The summed E-state index contributed by atoms with van der Waals surface area (Å²) in [5.74, 6) is 0.245. The number of halogens is 3. The van der Waals surface area contributed by atoms with Gasteiger partial charge in [0.15, 0.2) is 0 Å². The Labute approximate surface area is 117 Å². The first-order valence-electron chi connectivity index (χ1n) is 3.94. The molecule has 0 bridgehead atoms. The van der Waals surface area contributed by atoms with Gasteiger partial charge in [0.25, 0.3) is 0 Å². The molecule has 0 atom stereocenters. The fourth-order valence-electron chi connectivity index (χ4n) is 0.815. The van der Waals surface area contributed by atoms with Crippen LogP contribution < -0.4 is 11.5 Å². The lowest BCUT2D eigenvalue weighted by atomic mass is 10.3. The summed E-state index contributed by atoms with van der Waals surface area (Å²) in [5, 5.41) is 0. The fourth-order valence-corrected chi connectivity index (χ4v) is 0.974. The molecule has 0 saturated carbocycles. The monoisotopic (exact) mass is 369 g/mol. The van der Waals surface area contributed by atoms with Crippen molar-refractivity contribution in [3.63, 3.8) is 0 Å². The predicted octanol–water partition coefficient (Wildman–Crippen LogP) is 2.29. The summed E-state index contributed by atoms with van der Waals surface area (Å²) in [6.07, 6.45) is 0. The fraction of sp³-hybridized carbons (Fsp3) is 0. The van der Waals surface area contributed by atoms with Crippen LogP contribution in [0.3, 0.4) is 0 Å². The molecule has 1 aromatic rings. The molecule has 0 saturated heterocycles. The van der Waals surface area contributed by atoms with Crippen LogP contribution in [-0.2, 0) is 0 Å². The van der Waals surface area contributed by atoms with Crippen LogP contribution in [0.5, 0.6) is 0 Å². The van der Waals surface area contributed by atoms with Gasteiger partial charge in [-0.15, -0.1) is 12.4 Å². The molecule has 16 heavy (non-hydrogen) atoms. The maximum absolute atomic E-state index is 5.56. The zero-order valence-corrected chi connectivity index (χ0v) is 12.0. The number of guanidine groups is 2. The van der Waals surface area contributed by atoms with E-state index in [0.717, 1.165) is 5.69 Å². The Morgan fingerprint density at radius 2 is 1.69 bits per heavy atom. The van der Waals surface area contributed by atoms with Gasteiger partial charge >= 0.3 is 0 Å². The molecule has 8 heteroatoms. The second-order valence-electron chi connectivity index (χ2n) is 2.51. The normalized spacial score (nSPS) is 11.9. The molecule has 5 nitrogen and oxygen atoms in total. The Balaban J connectivity index is 0.00000225. The van der Waals surface area contributed by atoms with Crippen molar-refractivity contribution in [3.05, 3.63) is 30.3 Å². The number of benzene rings is 1. The van der Waals surface area contributed by atoms with Crippen LogP contribution in [0.2, 0.25) is 0 Å². The highest BCUT2D eigenvalue weighted by molar-refractivity contribution is 9.21. The summed E-state index contributed by atoms with van der Waals surface area (Å²) >= 11 is 6.07. The van der Waals surface area contributed by atoms with Crippen LogP contribution in [0.1, 0.15) is 0 Å². The van der Waals surface area contributed by atoms with E-state index in [4.69, 9.17) is 11.5 Å². The molecule has 0 unspecified atom stereocenters. The van der Waals surface area contributed by atoms with Gasteiger partial charge < -0.3 is 11.5 Å². The first-order valence-corrected chi connectivity index (χ1v) is 5.36. The van der Waals surface area contributed by atoms with Crippen molar-refractivity contribution < 1.29 is 0 Å². The van der Waals surface area contributed by atoms with Crippen molar-refractivity contribution >= 4 is 62.3 Å². The van der Waals surface area contributed by atoms with Crippen molar-refractivity contribution in [2.24, 2.45) is 21.5 Å². The van der Waals surface area contributed by atoms with E-state index < -0.39 is 0 Å². The average Bonchev–Trinajstić information content (AvgIpc) is 2.18. The van der Waals surface area contributed by atoms with Gasteiger partial charge in [-0.3, -0.25) is 0 Å². The Bertz CT molecular complexity index is 379. The van der Waals surface area contributed by atoms with E-state index in [2.05, 4.69) is 42.3 Å². The third-order valence-electron chi connectivity index (χ3n) is 1.40. The van der Waals surface area contributed by atoms with Crippen molar-refractivity contribution in [3.8, 4) is 0 Å². The first-order chi connectivity index (χ1) is 7.09. The molecule has 0 aliphatic heterocycles. The molecule has 0 aliphatic carbocycles. The summed E-state index contributed by atoms with van der Waals surface area (Å²) in [6.45, 7) is 0. The third kappa shape index (κ3) is 5.34. The molecule has 0 fully saturated rings. The molecule has 1 aromatic carbocycles. The molecule has 0 heterocycles. The molecule has 4 N–H and O–H groups in total. The standard InChI is InChI=1S/C8H9Br2N5.ClH/c9-15(10)8(12)14-7(11)13-6-4-2-1-3-5-6;/h1-5H,(H4,11,12,13,14);1H. The Morgan fingerprint density at radius 1 is 1.12 bits per heavy atom. The van der Waals surface area contributed by atoms with Gasteiger partial charge in [0.2, 0.25) is 11.9 Å². The van der Waals surface area contributed by atoms with Gasteiger partial charge in [0.1, 0.15) is 0 Å². The number of nitrogens with two attached hydrogens (primary N) is 2. The summed E-state index contributed by atoms with van der Waals surface area (Å²) in [6, 6.07) is 9.25. The maximum atomic E-state index is 5.56. The summed E-state index contributed by atoms with van der Waals surface area (Å²) < 4.78 is 1.29. The number of nitrogens with zero attached hydrogens (tertiary/aromatic N) is 3. The number of rotatable bonds is 1. The minimum Gasteiger partial charge on any atom is -0.368 e. The van der Waals surface area contributed by atoms with Gasteiger partial charge in [-0.2, -0.15) is 4.99 Å². The highest BCUT2D eigenvalue weighted by atomic mass is 79.9. The molecule has 1 rings (SSSR count). The lowest BCUT2D eigenvalue weighted by Crippen LogP contribution is -2.25. The van der Waals surface area contributed by atoms with E-state index >= 15 is 0 Å². The van der Waals surface area contributed by atoms with Crippen molar-refractivity contribution in [2.75, 3.05) is 0 Å². The number of para-hydroxylation sites is 1. The molecular weight excluding hydrogens is 361 g/mol. The Kier molecular flexibility index (Phi) is 7.11. The van der Waals surface area contributed by atoms with Crippen LogP contribution in [0.25, 0.3) is 0 Å². The highest BCUT2D eigenvalue weighted by Gasteiger charge is 1.99. The average molecular weight is 371 g/mol. The van der Waals surface area contributed by atoms with Crippen molar-refractivity contribution in [1.29, 1.82) is 0 Å². The first kappa shape index (κ1) is 15.2. The predicted molar refractivity (Wildman–Crippen MR) is 76.3 cm³/mol. The molecular formula is C8H10Br2ClN5. The summed E-state index contributed by atoms with van der Waals surface area (Å²) in [7, 11) is 0. The third-order valence-corrected chi connectivity index (χ3v) is 2.13. The van der Waals surface area contributed by atoms with E-state index in [9.17, 15) is 0 Å². The van der Waals surface area contributed by atoms with Crippen LogP contribution in [-0.4, -0.2) is 14.9 Å². The van der Waals surface area contributed by atoms with Crippen LogP contribution >= 0.6 is 44.7 Å². The quantitative estimate of drug-likeness (QED) is 0.452. The highest BCUT2D eigenvalue weighted by Crippen LogP contribution is 2.10. The molecule has 0 aliphatic rings. The van der Waals surface area contributed by atoms with Crippen LogP contribution in [0.4, 0.5) is 5.69 Å². The van der Waals surface area contributed by atoms with E-state index in [0.29, 0.717) is 0 Å². The van der Waals surface area contributed by atoms with Crippen LogP contribution in [0, 0.1) is 0 Å². The molecule has 0 spiro atoms. The minimum atomic E-state index is 0. The van der Waals surface area contributed by atoms with Gasteiger partial charge in [-0.25, -0.2) is 7.94 Å². The summed E-state index contributed by atoms with van der Waals surface area (Å²) in [5.41, 5.74) is 11.8. The van der Waals surface area contributed by atoms with E-state index in [1.165, 1.54) is 2.95 Å². The topological polar surface area (TPSA) is 80.0 Å². The number of aliphatic imine (C=N–C) groups is 2. The number of hydrogen-bond acceptors (Lipinski definition) is 1. The van der Waals surface area contributed by atoms with Gasteiger partial charge in [-0.1, -0.05) is 18.2 Å². The zero-order chi connectivity index (χ0) is 11.3. The van der Waals surface area contributed by atoms with E-state index in [1.807, 2.05) is 30.3 Å². The van der Waals surface area contributed by atoms with Crippen LogP contribution in [0.15, 0.2) is 40.3 Å². The maximum Gasteiger partial charge on any atom is 0.223 e. The van der Waals surface area contributed by atoms with E-state index in [-0.39, 0.29) is 24.3 Å². The zero-order valence-electron chi connectivity index (χ0n) is 8.05. The Morgan fingerprint density at radius 3 is 2.19 bits per heavy atom. The van der Waals surface area contributed by atoms with Gasteiger partial charge in [0, 0.05) is 0 Å². The SMILES string of the molecule is Cl.NC(=Nc1ccccc1)N=C(N)N(Br)Br. The van der Waals surface area contributed by atoms with Gasteiger partial charge in [0.05, 0.1) is 38.0 Å². The number of hydrogen-bond donors (Lipinski definition) is 2. The van der Waals surface area contributed by atoms with Crippen molar-refractivity contribution in [2.45, 2.75) is 0 Å². The van der Waals surface area contributed by atoms with Crippen molar-refractivity contribution in [1.82, 2.24) is 2.95 Å². The summed E-state index contributed by atoms with van der Waals surface area (Å²) in [4.78, 5) is 7.87. The second kappa shape index (κ2) is 7.48.